The number of carbonyl (C=O) groups excluding carboxylic acids is 2. The van der Waals surface area contributed by atoms with E-state index in [1.807, 2.05) is 0 Å². The minimum Gasteiger partial charge on any atom is -0.550 e. The Bertz CT molecular complexity index is 186. The molecule has 0 atom stereocenters. The van der Waals surface area contributed by atoms with Gasteiger partial charge in [-0.1, -0.05) is 52.4 Å². The van der Waals surface area contributed by atoms with Gasteiger partial charge >= 0.3 is 23.9 Å². The van der Waals surface area contributed by atoms with Crippen LogP contribution < -0.4 is 10.2 Å². The molecule has 5 heteroatoms. The molecule has 2 radical (unpaired) electrons. The van der Waals surface area contributed by atoms with E-state index in [1.54, 1.807) is 0 Å². The summed E-state index contributed by atoms with van der Waals surface area (Å²) in [5, 5.41) is 19.7. The van der Waals surface area contributed by atoms with Crippen molar-refractivity contribution >= 4 is 35.8 Å². The van der Waals surface area contributed by atoms with Crippen molar-refractivity contribution in [3.63, 3.8) is 0 Å². The predicted molar refractivity (Wildman–Crippen MR) is 73.3 cm³/mol. The second kappa shape index (κ2) is 20.1. The van der Waals surface area contributed by atoms with Crippen molar-refractivity contribution in [1.29, 1.82) is 0 Å². The van der Waals surface area contributed by atoms with Crippen LogP contribution in [0.4, 0.5) is 0 Å². The van der Waals surface area contributed by atoms with Crippen LogP contribution in [-0.2, 0) is 9.59 Å². The number of aliphatic carboxylic acids is 2. The molecule has 0 unspecified atom stereocenters. The van der Waals surface area contributed by atoms with Gasteiger partial charge in [0.1, 0.15) is 0 Å². The monoisotopic (exact) mass is 378 g/mol. The maximum atomic E-state index is 9.85. The van der Waals surface area contributed by atoms with Crippen LogP contribution in [0.2, 0.25) is 0 Å². The van der Waals surface area contributed by atoms with Crippen LogP contribution in [0.1, 0.15) is 78.1 Å². The Morgan fingerprint density at radius 1 is 0.684 bits per heavy atom. The molecule has 0 fully saturated rings. The van der Waals surface area contributed by atoms with Crippen molar-refractivity contribution in [2.24, 2.45) is 0 Å². The summed E-state index contributed by atoms with van der Waals surface area (Å²) >= 11 is 0. The SMILES string of the molecule is CCCCCCC(=O)[O-].CCCCCCC(=O)[O-].[Sn+2]. The van der Waals surface area contributed by atoms with E-state index in [9.17, 15) is 19.8 Å². The molecular formula is C14H26O4Sn. The van der Waals surface area contributed by atoms with Gasteiger partial charge in [0.25, 0.3) is 0 Å². The van der Waals surface area contributed by atoms with Gasteiger partial charge in [-0.25, -0.2) is 0 Å². The van der Waals surface area contributed by atoms with E-state index in [0.717, 1.165) is 51.4 Å². The van der Waals surface area contributed by atoms with Crippen LogP contribution in [0.3, 0.4) is 0 Å². The molecule has 0 spiro atoms. The fourth-order valence-corrected chi connectivity index (χ4v) is 1.39. The van der Waals surface area contributed by atoms with Gasteiger partial charge < -0.3 is 19.8 Å². The maximum absolute atomic E-state index is 9.85. The normalized spacial score (nSPS) is 8.95. The smallest absolute Gasteiger partial charge is 0.550 e. The molecule has 0 saturated heterocycles. The average Bonchev–Trinajstić information content (AvgIpc) is 2.31. The predicted octanol–water partition coefficient (Wildman–Crippen LogP) is 1.03. The number of carboxylic acid groups (broad SMARTS) is 2. The van der Waals surface area contributed by atoms with Crippen LogP contribution in [0.25, 0.3) is 0 Å². The Labute approximate surface area is 133 Å². The van der Waals surface area contributed by atoms with E-state index in [1.165, 1.54) is 0 Å². The number of carbonyl (C=O) groups is 2. The molecule has 0 aromatic heterocycles. The Morgan fingerprint density at radius 3 is 1.21 bits per heavy atom. The summed E-state index contributed by atoms with van der Waals surface area (Å²) in [7, 11) is 0. The fourth-order valence-electron chi connectivity index (χ4n) is 1.39. The Balaban J connectivity index is -0.000000256. The Kier molecular flexibility index (Phi) is 25.1. The van der Waals surface area contributed by atoms with Crippen LogP contribution in [0, 0.1) is 0 Å². The zero-order valence-corrected chi connectivity index (χ0v) is 15.1. The van der Waals surface area contributed by atoms with Crippen molar-refractivity contribution < 1.29 is 19.8 Å². The van der Waals surface area contributed by atoms with Crippen molar-refractivity contribution in [2.75, 3.05) is 0 Å². The molecule has 0 aromatic rings. The minimum absolute atomic E-state index is 0. The molecule has 0 amide bonds. The summed E-state index contributed by atoms with van der Waals surface area (Å²) < 4.78 is 0. The first kappa shape index (κ1) is 23.8. The molecule has 0 heterocycles. The molecule has 110 valence electrons. The first-order valence-corrected chi connectivity index (χ1v) is 6.94. The van der Waals surface area contributed by atoms with E-state index < -0.39 is 11.9 Å². The topological polar surface area (TPSA) is 80.3 Å². The minimum atomic E-state index is -0.925. The largest absolute Gasteiger partial charge is 2.00 e. The van der Waals surface area contributed by atoms with Crippen LogP contribution >= 0.6 is 0 Å². The van der Waals surface area contributed by atoms with Crippen molar-refractivity contribution in [3.05, 3.63) is 0 Å². The summed E-state index contributed by atoms with van der Waals surface area (Å²) in [4.78, 5) is 19.7. The molecule has 19 heavy (non-hydrogen) atoms. The van der Waals surface area contributed by atoms with E-state index >= 15 is 0 Å². The summed E-state index contributed by atoms with van der Waals surface area (Å²) in [6.07, 6.45) is 8.59. The second-order valence-electron chi connectivity index (χ2n) is 4.37. The van der Waals surface area contributed by atoms with Gasteiger partial charge in [-0.2, -0.15) is 0 Å². The average molecular weight is 377 g/mol. The summed E-state index contributed by atoms with van der Waals surface area (Å²) in [5.41, 5.74) is 0. The molecule has 0 aliphatic rings. The van der Waals surface area contributed by atoms with Gasteiger partial charge in [0.2, 0.25) is 0 Å². The zero-order chi connectivity index (χ0) is 14.2. The summed E-state index contributed by atoms with van der Waals surface area (Å²) in [6, 6.07) is 0. The maximum Gasteiger partial charge on any atom is 2.00 e. The molecule has 0 aliphatic heterocycles. The molecular weight excluding hydrogens is 351 g/mol. The third kappa shape index (κ3) is 31.9. The van der Waals surface area contributed by atoms with Crippen molar-refractivity contribution in [1.82, 2.24) is 0 Å². The first-order chi connectivity index (χ1) is 8.54. The third-order valence-corrected chi connectivity index (χ3v) is 2.47. The van der Waals surface area contributed by atoms with Crippen molar-refractivity contribution in [3.8, 4) is 0 Å². The van der Waals surface area contributed by atoms with Crippen LogP contribution in [0.5, 0.6) is 0 Å². The van der Waals surface area contributed by atoms with Gasteiger partial charge in [0.05, 0.1) is 0 Å². The second-order valence-corrected chi connectivity index (χ2v) is 4.37. The Hall–Kier alpha value is -0.261. The molecule has 0 N–H and O–H groups in total. The van der Waals surface area contributed by atoms with Crippen LogP contribution in [0.15, 0.2) is 0 Å². The Morgan fingerprint density at radius 2 is 1.00 bits per heavy atom. The number of rotatable bonds is 10. The number of hydrogen-bond acceptors (Lipinski definition) is 4. The molecule has 0 bridgehead atoms. The van der Waals surface area contributed by atoms with Gasteiger partial charge in [-0.15, -0.1) is 0 Å². The van der Waals surface area contributed by atoms with Gasteiger partial charge in [-0.3, -0.25) is 0 Å². The molecule has 4 nitrogen and oxygen atoms in total. The van der Waals surface area contributed by atoms with E-state index in [0.29, 0.717) is 0 Å². The quantitative estimate of drug-likeness (QED) is 0.421. The van der Waals surface area contributed by atoms with Gasteiger partial charge in [0.15, 0.2) is 0 Å². The van der Waals surface area contributed by atoms with E-state index in [2.05, 4.69) is 13.8 Å². The number of hydrogen-bond donors (Lipinski definition) is 0. The molecule has 0 rings (SSSR count). The number of carboxylic acids is 2. The first-order valence-electron chi connectivity index (χ1n) is 6.94. The fraction of sp³-hybridized carbons (Fsp3) is 0.857. The van der Waals surface area contributed by atoms with E-state index in [-0.39, 0.29) is 36.7 Å². The third-order valence-electron chi connectivity index (χ3n) is 2.47. The number of unbranched alkanes of at least 4 members (excludes halogenated alkanes) is 6. The van der Waals surface area contributed by atoms with Crippen LogP contribution in [-0.4, -0.2) is 35.8 Å². The summed E-state index contributed by atoms with van der Waals surface area (Å²) in [5.74, 6) is -1.85. The zero-order valence-electron chi connectivity index (χ0n) is 12.2. The molecule has 0 aliphatic carbocycles. The molecule has 0 aromatic carbocycles. The standard InChI is InChI=1S/2C7H14O2.Sn/c2*1-2-3-4-5-6-7(8)9;/h2*2-6H2,1H3,(H,8,9);/q;;+2/p-2. The van der Waals surface area contributed by atoms with Crippen molar-refractivity contribution in [2.45, 2.75) is 78.1 Å². The van der Waals surface area contributed by atoms with Gasteiger partial charge in [-0.05, 0) is 25.7 Å². The molecule has 0 saturated carbocycles. The van der Waals surface area contributed by atoms with Gasteiger partial charge in [0, 0.05) is 11.9 Å². The van der Waals surface area contributed by atoms with E-state index in [4.69, 9.17) is 0 Å². The summed E-state index contributed by atoms with van der Waals surface area (Å²) in [6.45, 7) is 4.19.